The first-order chi connectivity index (χ1) is 16.4. The molecule has 1 aliphatic heterocycles. The van der Waals surface area contributed by atoms with Crippen molar-refractivity contribution in [3.63, 3.8) is 0 Å². The Kier molecular flexibility index (Phi) is 7.19. The lowest BCUT2D eigenvalue weighted by atomic mass is 9.96. The summed E-state index contributed by atoms with van der Waals surface area (Å²) < 4.78 is 0. The summed E-state index contributed by atoms with van der Waals surface area (Å²) in [6.45, 7) is 9.77. The third-order valence-corrected chi connectivity index (χ3v) is 6.29. The number of aromatic nitrogens is 2. The summed E-state index contributed by atoms with van der Waals surface area (Å²) in [7, 11) is 0. The Bertz CT molecular complexity index is 1290. The molecule has 1 fully saturated rings. The summed E-state index contributed by atoms with van der Waals surface area (Å²) in [5, 5.41) is 13.8. The number of nitrogens with zero attached hydrogens (tertiary/aromatic N) is 4. The van der Waals surface area contributed by atoms with Crippen molar-refractivity contribution in [3.8, 4) is 17.3 Å². The van der Waals surface area contributed by atoms with Crippen molar-refractivity contribution in [3.05, 3.63) is 80.6 Å². The van der Waals surface area contributed by atoms with Crippen molar-refractivity contribution in [1.29, 1.82) is 5.26 Å². The molecule has 2 aromatic carbocycles. The number of likely N-dealkylation sites (tertiary alicyclic amines) is 1. The predicted molar refractivity (Wildman–Crippen MR) is 136 cm³/mol. The summed E-state index contributed by atoms with van der Waals surface area (Å²) in [6.07, 6.45) is 4.32. The van der Waals surface area contributed by atoms with Crippen molar-refractivity contribution >= 4 is 12.2 Å². The Hall–Kier alpha value is -3.76. The maximum absolute atomic E-state index is 12.4. The maximum Gasteiger partial charge on any atom is 0.270 e. The molecule has 1 aliphatic rings. The molecule has 0 amide bonds. The molecular weight excluding hydrogens is 424 g/mol. The van der Waals surface area contributed by atoms with E-state index in [-0.39, 0.29) is 11.5 Å². The van der Waals surface area contributed by atoms with Gasteiger partial charge < -0.3 is 0 Å². The van der Waals surface area contributed by atoms with Crippen LogP contribution < -0.4 is 11.0 Å². The van der Waals surface area contributed by atoms with Crippen LogP contribution in [0.3, 0.4) is 0 Å². The van der Waals surface area contributed by atoms with E-state index in [1.54, 1.807) is 6.21 Å². The molecule has 2 N–H and O–H groups in total. The van der Waals surface area contributed by atoms with E-state index in [0.717, 1.165) is 31.1 Å². The second kappa shape index (κ2) is 10.4. The van der Waals surface area contributed by atoms with Gasteiger partial charge >= 0.3 is 0 Å². The molecule has 1 saturated heterocycles. The number of piperidine rings is 1. The Morgan fingerprint density at radius 2 is 2.09 bits per heavy atom. The lowest BCUT2D eigenvalue weighted by Crippen LogP contribution is -2.34. The number of benzene rings is 2. The van der Waals surface area contributed by atoms with Crippen LogP contribution in [0.15, 0.2) is 52.4 Å². The molecule has 2 heterocycles. The highest BCUT2D eigenvalue weighted by atomic mass is 16.1. The average Bonchev–Trinajstić information content (AvgIpc) is 2.82. The fourth-order valence-electron chi connectivity index (χ4n) is 4.53. The number of nitrogens with one attached hydrogen (secondary N) is 2. The van der Waals surface area contributed by atoms with Crippen LogP contribution in [0.1, 0.15) is 47.6 Å². The molecule has 0 bridgehead atoms. The molecule has 0 aliphatic carbocycles. The molecule has 0 spiro atoms. The zero-order valence-corrected chi connectivity index (χ0v) is 19.9. The van der Waals surface area contributed by atoms with Gasteiger partial charge in [0.05, 0.1) is 11.9 Å². The monoisotopic (exact) mass is 454 g/mol. The lowest BCUT2D eigenvalue weighted by molar-refractivity contribution is 0.176. The number of hydrogen-bond donors (Lipinski definition) is 2. The zero-order valence-electron chi connectivity index (χ0n) is 19.9. The third kappa shape index (κ3) is 5.41. The highest BCUT2D eigenvalue weighted by Crippen LogP contribution is 2.22. The number of anilines is 1. The Morgan fingerprint density at radius 3 is 2.82 bits per heavy atom. The van der Waals surface area contributed by atoms with Gasteiger partial charge in [-0.15, -0.1) is 0 Å². The molecule has 1 aromatic heterocycles. The maximum atomic E-state index is 12.4. The van der Waals surface area contributed by atoms with E-state index >= 15 is 0 Å². The summed E-state index contributed by atoms with van der Waals surface area (Å²) in [6, 6.07) is 15.5. The molecule has 174 valence electrons. The van der Waals surface area contributed by atoms with Gasteiger partial charge in [-0.1, -0.05) is 55.0 Å². The van der Waals surface area contributed by atoms with Gasteiger partial charge in [0.1, 0.15) is 11.6 Å². The minimum atomic E-state index is -0.501. The summed E-state index contributed by atoms with van der Waals surface area (Å²) in [5.74, 6) is 0.930. The fourth-order valence-corrected chi connectivity index (χ4v) is 4.53. The quantitative estimate of drug-likeness (QED) is 0.419. The van der Waals surface area contributed by atoms with Gasteiger partial charge in [0, 0.05) is 18.7 Å². The van der Waals surface area contributed by atoms with E-state index in [4.69, 9.17) is 0 Å². The summed E-state index contributed by atoms with van der Waals surface area (Å²) >= 11 is 0. The number of H-pyrrole nitrogens is 1. The van der Waals surface area contributed by atoms with Crippen LogP contribution in [-0.2, 0) is 6.54 Å². The van der Waals surface area contributed by atoms with E-state index in [1.807, 2.05) is 36.4 Å². The summed E-state index contributed by atoms with van der Waals surface area (Å²) in [4.78, 5) is 22.0. The third-order valence-electron chi connectivity index (χ3n) is 6.29. The second-order valence-electron chi connectivity index (χ2n) is 9.11. The van der Waals surface area contributed by atoms with Crippen LogP contribution in [0.5, 0.6) is 0 Å². The molecule has 7 nitrogen and oxygen atoms in total. The zero-order chi connectivity index (χ0) is 24.1. The predicted octanol–water partition coefficient (Wildman–Crippen LogP) is 4.60. The highest BCUT2D eigenvalue weighted by Gasteiger charge is 2.18. The van der Waals surface area contributed by atoms with E-state index in [0.29, 0.717) is 11.3 Å². The molecule has 34 heavy (non-hydrogen) atoms. The van der Waals surface area contributed by atoms with Gasteiger partial charge in [-0.3, -0.25) is 14.7 Å². The molecule has 4 rings (SSSR count). The van der Waals surface area contributed by atoms with Gasteiger partial charge in [0.15, 0.2) is 0 Å². The molecule has 1 atom stereocenters. The van der Waals surface area contributed by atoms with Crippen LogP contribution in [0.25, 0.3) is 11.3 Å². The number of hydrazone groups is 1. The summed E-state index contributed by atoms with van der Waals surface area (Å²) in [5.41, 5.74) is 8.05. The van der Waals surface area contributed by atoms with Crippen LogP contribution >= 0.6 is 0 Å². The number of nitriles is 1. The van der Waals surface area contributed by atoms with Gasteiger partial charge in [-0.05, 0) is 55.8 Å². The largest absolute Gasteiger partial charge is 0.299 e. The standard InChI is InChI=1S/C27H30N6O/c1-18-8-7-11-33(16-18)17-23-13-19(2)12-22(20(23)3)15-29-32-27-30-25(21-9-5-4-6-10-21)24(14-28)26(34)31-27/h4-6,9-10,12-13,15,18H,7-8,11,16-17H2,1-3H3,(H2,30,31,32,34). The molecule has 0 saturated carbocycles. The molecule has 3 aromatic rings. The van der Waals surface area contributed by atoms with E-state index in [2.05, 4.69) is 58.3 Å². The number of aryl methyl sites for hydroxylation is 1. The first-order valence-corrected chi connectivity index (χ1v) is 11.7. The second-order valence-corrected chi connectivity index (χ2v) is 9.11. The topological polar surface area (TPSA) is 97.2 Å². The van der Waals surface area contributed by atoms with Crippen molar-refractivity contribution in [2.45, 2.75) is 40.2 Å². The van der Waals surface area contributed by atoms with Crippen LogP contribution in [0.4, 0.5) is 5.95 Å². The van der Waals surface area contributed by atoms with E-state index in [1.165, 1.54) is 29.5 Å². The fraction of sp³-hybridized carbons (Fsp3) is 0.333. The van der Waals surface area contributed by atoms with Crippen molar-refractivity contribution < 1.29 is 0 Å². The van der Waals surface area contributed by atoms with E-state index < -0.39 is 5.56 Å². The van der Waals surface area contributed by atoms with E-state index in [9.17, 15) is 10.1 Å². The van der Waals surface area contributed by atoms with Crippen molar-refractivity contribution in [1.82, 2.24) is 14.9 Å². The SMILES string of the molecule is Cc1cc(C=NNc2nc(-c3ccccc3)c(C#N)c(=O)[nH]2)c(C)c(CN2CCCC(C)C2)c1. The Labute approximate surface area is 200 Å². The number of rotatable bonds is 6. The average molecular weight is 455 g/mol. The minimum absolute atomic E-state index is 0.0214. The molecule has 7 heteroatoms. The van der Waals surface area contributed by atoms with Gasteiger partial charge in [-0.25, -0.2) is 10.4 Å². The van der Waals surface area contributed by atoms with Crippen molar-refractivity contribution in [2.75, 3.05) is 18.5 Å². The Morgan fingerprint density at radius 1 is 1.29 bits per heavy atom. The van der Waals surface area contributed by atoms with Crippen LogP contribution in [0.2, 0.25) is 0 Å². The molecule has 0 radical (unpaired) electrons. The highest BCUT2D eigenvalue weighted by molar-refractivity contribution is 5.83. The molecule has 1 unspecified atom stereocenters. The number of aromatic amines is 1. The first kappa shape index (κ1) is 23.4. The first-order valence-electron chi connectivity index (χ1n) is 11.7. The smallest absolute Gasteiger partial charge is 0.270 e. The number of hydrogen-bond acceptors (Lipinski definition) is 6. The van der Waals surface area contributed by atoms with Gasteiger partial charge in [0.25, 0.3) is 5.56 Å². The minimum Gasteiger partial charge on any atom is -0.299 e. The van der Waals surface area contributed by atoms with Crippen molar-refractivity contribution in [2.24, 2.45) is 11.0 Å². The lowest BCUT2D eigenvalue weighted by Gasteiger charge is -2.31. The van der Waals surface area contributed by atoms with Gasteiger partial charge in [0.2, 0.25) is 5.95 Å². The molecular formula is C27H30N6O. The van der Waals surface area contributed by atoms with Crippen LogP contribution in [0, 0.1) is 31.1 Å². The van der Waals surface area contributed by atoms with Crippen LogP contribution in [-0.4, -0.2) is 34.2 Å². The normalized spacial score (nSPS) is 16.5. The Balaban J connectivity index is 1.56. The van der Waals surface area contributed by atoms with Gasteiger partial charge in [-0.2, -0.15) is 10.4 Å².